The minimum absolute atomic E-state index is 0.153. The topological polar surface area (TPSA) is 50.8 Å². The molecule has 0 spiro atoms. The van der Waals surface area contributed by atoms with Gasteiger partial charge < -0.3 is 19.7 Å². The van der Waals surface area contributed by atoms with Crippen molar-refractivity contribution in [3.05, 3.63) is 45.3 Å². The molecule has 0 saturated heterocycles. The molecule has 1 aromatic carbocycles. The summed E-state index contributed by atoms with van der Waals surface area (Å²) < 4.78 is 24.0. The highest BCUT2D eigenvalue weighted by atomic mass is 79.9. The zero-order valence-corrected chi connectivity index (χ0v) is 16.0. The number of nitrogens with zero attached hydrogens (tertiary/aromatic N) is 1. The summed E-state index contributed by atoms with van der Waals surface area (Å²) in [5.74, 6) is -0.837. The monoisotopic (exact) mass is 416 g/mol. The number of benzene rings is 1. The molecule has 1 aliphatic rings. The molecular weight excluding hydrogens is 399 g/mol. The van der Waals surface area contributed by atoms with E-state index in [0.29, 0.717) is 33.0 Å². The van der Waals surface area contributed by atoms with Crippen LogP contribution in [0.2, 0.25) is 0 Å². The zero-order valence-electron chi connectivity index (χ0n) is 13.6. The van der Waals surface area contributed by atoms with Crippen LogP contribution >= 0.6 is 28.1 Å². The second-order valence-electron chi connectivity index (χ2n) is 5.24. The predicted octanol–water partition coefficient (Wildman–Crippen LogP) is 2.91. The molecule has 1 aromatic rings. The van der Waals surface area contributed by atoms with E-state index in [1.165, 1.54) is 13.2 Å². The molecule has 0 radical (unpaired) electrons. The van der Waals surface area contributed by atoms with Crippen LogP contribution in [0.25, 0.3) is 0 Å². The lowest BCUT2D eigenvalue weighted by Gasteiger charge is -2.35. The third-order valence-corrected chi connectivity index (χ3v) is 4.77. The van der Waals surface area contributed by atoms with E-state index in [9.17, 15) is 9.18 Å². The number of hydrogen-bond acceptors (Lipinski definition) is 4. The molecule has 1 N–H and O–H groups in total. The normalized spacial score (nSPS) is 17.8. The highest BCUT2D eigenvalue weighted by Crippen LogP contribution is 2.32. The molecule has 0 amide bonds. The van der Waals surface area contributed by atoms with Crippen LogP contribution in [0.15, 0.2) is 33.9 Å². The van der Waals surface area contributed by atoms with Gasteiger partial charge in [-0.2, -0.15) is 0 Å². The fraction of sp³-hybridized carbons (Fsp3) is 0.375. The van der Waals surface area contributed by atoms with Gasteiger partial charge in [0.1, 0.15) is 12.4 Å². The van der Waals surface area contributed by atoms with Crippen LogP contribution in [0.3, 0.4) is 0 Å². The van der Waals surface area contributed by atoms with E-state index < -0.39 is 12.0 Å². The Morgan fingerprint density at radius 1 is 1.46 bits per heavy atom. The number of thiocarbonyl (C=S) groups is 1. The number of halogens is 2. The second kappa shape index (κ2) is 8.04. The lowest BCUT2D eigenvalue weighted by molar-refractivity contribution is -0.140. The molecule has 0 aliphatic carbocycles. The van der Waals surface area contributed by atoms with Crippen LogP contribution < -0.4 is 5.32 Å². The van der Waals surface area contributed by atoms with Crippen LogP contribution in [0.1, 0.15) is 18.5 Å². The lowest BCUT2D eigenvalue weighted by Crippen LogP contribution is -2.46. The van der Waals surface area contributed by atoms with Gasteiger partial charge in [0.2, 0.25) is 0 Å². The number of nitrogens with one attached hydrogen (secondary N) is 1. The SMILES string of the molecule is COCCOC(=O)C1=C(C)N(C)C(=S)N[C@H]1c1ccc(F)c(Br)c1. The predicted molar refractivity (Wildman–Crippen MR) is 95.9 cm³/mol. The first-order chi connectivity index (χ1) is 11.4. The summed E-state index contributed by atoms with van der Waals surface area (Å²) >= 11 is 8.48. The molecule has 0 aromatic heterocycles. The molecule has 0 unspecified atom stereocenters. The Balaban J connectivity index is 2.40. The van der Waals surface area contributed by atoms with Crippen molar-refractivity contribution >= 4 is 39.2 Å². The number of hydrogen-bond donors (Lipinski definition) is 1. The van der Waals surface area contributed by atoms with Gasteiger partial charge in [-0.15, -0.1) is 0 Å². The summed E-state index contributed by atoms with van der Waals surface area (Å²) in [5.41, 5.74) is 1.82. The van der Waals surface area contributed by atoms with Crippen LogP contribution in [-0.4, -0.2) is 43.4 Å². The summed E-state index contributed by atoms with van der Waals surface area (Å²) in [4.78, 5) is 14.2. The van der Waals surface area contributed by atoms with Crippen molar-refractivity contribution in [3.63, 3.8) is 0 Å². The van der Waals surface area contributed by atoms with Crippen molar-refractivity contribution in [3.8, 4) is 0 Å². The fourth-order valence-electron chi connectivity index (χ4n) is 2.34. The van der Waals surface area contributed by atoms with Crippen molar-refractivity contribution in [2.24, 2.45) is 0 Å². The quantitative estimate of drug-likeness (QED) is 0.452. The summed E-state index contributed by atoms with van der Waals surface area (Å²) in [5, 5.41) is 3.58. The molecule has 24 heavy (non-hydrogen) atoms. The molecule has 0 saturated carbocycles. The molecule has 0 fully saturated rings. The second-order valence-corrected chi connectivity index (χ2v) is 6.48. The molecule has 1 aliphatic heterocycles. The van der Waals surface area contributed by atoms with Crippen LogP contribution in [0.4, 0.5) is 4.39 Å². The Labute approximate surface area is 153 Å². The minimum atomic E-state index is -0.513. The maximum atomic E-state index is 13.5. The van der Waals surface area contributed by atoms with Gasteiger partial charge in [-0.05, 0) is 52.8 Å². The third-order valence-electron chi connectivity index (χ3n) is 3.77. The first-order valence-corrected chi connectivity index (χ1v) is 8.43. The Hall–Kier alpha value is -1.51. The summed E-state index contributed by atoms with van der Waals surface area (Å²) in [6.45, 7) is 2.26. The van der Waals surface area contributed by atoms with Gasteiger partial charge >= 0.3 is 5.97 Å². The average Bonchev–Trinajstić information content (AvgIpc) is 2.55. The van der Waals surface area contributed by atoms with Crippen molar-refractivity contribution < 1.29 is 18.7 Å². The van der Waals surface area contributed by atoms with E-state index in [4.69, 9.17) is 21.7 Å². The minimum Gasteiger partial charge on any atom is -0.460 e. The molecule has 2 rings (SSSR count). The van der Waals surface area contributed by atoms with E-state index in [1.807, 2.05) is 0 Å². The van der Waals surface area contributed by atoms with Gasteiger partial charge in [0, 0.05) is 19.9 Å². The standard InChI is InChI=1S/C16H18BrFN2O3S/c1-9-13(15(21)23-7-6-22-3)14(19-16(24)20(9)2)10-4-5-12(18)11(17)8-10/h4-5,8,14H,6-7H2,1-3H3,(H,19,24)/t14-/m0/s1. The first-order valence-electron chi connectivity index (χ1n) is 7.22. The smallest absolute Gasteiger partial charge is 0.338 e. The molecule has 1 heterocycles. The Morgan fingerprint density at radius 3 is 2.79 bits per heavy atom. The van der Waals surface area contributed by atoms with E-state index >= 15 is 0 Å². The van der Waals surface area contributed by atoms with Crippen molar-refractivity contribution in [1.82, 2.24) is 10.2 Å². The number of allylic oxidation sites excluding steroid dienone is 1. The van der Waals surface area contributed by atoms with E-state index in [1.54, 1.807) is 31.0 Å². The Bertz CT molecular complexity index is 696. The molecule has 130 valence electrons. The number of methoxy groups -OCH3 is 1. The van der Waals surface area contributed by atoms with Crippen LogP contribution in [-0.2, 0) is 14.3 Å². The number of esters is 1. The molecule has 8 heteroatoms. The Morgan fingerprint density at radius 2 is 2.17 bits per heavy atom. The fourth-order valence-corrected chi connectivity index (χ4v) is 2.99. The van der Waals surface area contributed by atoms with Crippen molar-refractivity contribution in [2.45, 2.75) is 13.0 Å². The zero-order chi connectivity index (χ0) is 17.9. The summed E-state index contributed by atoms with van der Waals surface area (Å²) in [6, 6.07) is 4.06. The van der Waals surface area contributed by atoms with Gasteiger partial charge in [0.25, 0.3) is 0 Å². The Kier molecular flexibility index (Phi) is 6.31. The maximum Gasteiger partial charge on any atom is 0.338 e. The highest BCUT2D eigenvalue weighted by molar-refractivity contribution is 9.10. The summed E-state index contributed by atoms with van der Waals surface area (Å²) in [6.07, 6.45) is 0. The number of rotatable bonds is 5. The highest BCUT2D eigenvalue weighted by Gasteiger charge is 2.33. The first kappa shape index (κ1) is 18.8. The molecule has 0 bridgehead atoms. The molecule has 1 atom stereocenters. The van der Waals surface area contributed by atoms with Gasteiger partial charge in [-0.3, -0.25) is 0 Å². The van der Waals surface area contributed by atoms with Crippen LogP contribution in [0.5, 0.6) is 0 Å². The van der Waals surface area contributed by atoms with Crippen LogP contribution in [0, 0.1) is 5.82 Å². The number of carbonyl (C=O) groups is 1. The molecular formula is C16H18BrFN2O3S. The third kappa shape index (κ3) is 3.93. The maximum absolute atomic E-state index is 13.5. The van der Waals surface area contributed by atoms with E-state index in [-0.39, 0.29) is 12.4 Å². The van der Waals surface area contributed by atoms with E-state index in [0.717, 1.165) is 0 Å². The lowest BCUT2D eigenvalue weighted by atomic mass is 9.95. The summed E-state index contributed by atoms with van der Waals surface area (Å²) in [7, 11) is 3.30. The van der Waals surface area contributed by atoms with Gasteiger partial charge in [0.05, 0.1) is 22.7 Å². The van der Waals surface area contributed by atoms with Gasteiger partial charge in [0.15, 0.2) is 5.11 Å². The van der Waals surface area contributed by atoms with E-state index in [2.05, 4.69) is 21.2 Å². The van der Waals surface area contributed by atoms with Crippen molar-refractivity contribution in [2.75, 3.05) is 27.4 Å². The van der Waals surface area contributed by atoms with Gasteiger partial charge in [-0.25, -0.2) is 9.18 Å². The molecule has 5 nitrogen and oxygen atoms in total. The number of carbonyl (C=O) groups excluding carboxylic acids is 1. The number of ether oxygens (including phenoxy) is 2. The van der Waals surface area contributed by atoms with Crippen molar-refractivity contribution in [1.29, 1.82) is 0 Å². The van der Waals surface area contributed by atoms with Gasteiger partial charge in [-0.1, -0.05) is 6.07 Å². The largest absolute Gasteiger partial charge is 0.460 e. The average molecular weight is 417 g/mol.